The smallest absolute Gasteiger partial charge is 0.123 e. The minimum Gasteiger partial charge on any atom is -0.492 e. The van der Waals surface area contributed by atoms with E-state index in [2.05, 4.69) is 48.8 Å². The van der Waals surface area contributed by atoms with Gasteiger partial charge in [-0.1, -0.05) is 19.9 Å². The van der Waals surface area contributed by atoms with Gasteiger partial charge in [0.05, 0.1) is 6.61 Å². The van der Waals surface area contributed by atoms with Gasteiger partial charge >= 0.3 is 0 Å². The fraction of sp³-hybridized carbons (Fsp3) is 0.375. The van der Waals surface area contributed by atoms with Crippen molar-refractivity contribution >= 4 is 11.3 Å². The highest BCUT2D eigenvalue weighted by Crippen LogP contribution is 2.40. The first kappa shape index (κ1) is 12.7. The Morgan fingerprint density at radius 2 is 2.11 bits per heavy atom. The van der Waals surface area contributed by atoms with Crippen LogP contribution in [0.25, 0.3) is 11.1 Å². The zero-order valence-corrected chi connectivity index (χ0v) is 12.4. The summed E-state index contributed by atoms with van der Waals surface area (Å²) in [4.78, 5) is 1.37. The topological polar surface area (TPSA) is 21.3 Å². The molecular weight excluding hydrogens is 254 g/mol. The van der Waals surface area contributed by atoms with Gasteiger partial charge in [-0.05, 0) is 41.8 Å². The quantitative estimate of drug-likeness (QED) is 0.918. The molecule has 0 amide bonds. The monoisotopic (exact) mass is 273 g/mol. The van der Waals surface area contributed by atoms with Crippen LogP contribution in [0, 0.1) is 0 Å². The van der Waals surface area contributed by atoms with Crippen molar-refractivity contribution in [3.8, 4) is 16.9 Å². The largest absolute Gasteiger partial charge is 0.492 e. The third-order valence-corrected chi connectivity index (χ3v) is 4.57. The molecule has 1 aliphatic rings. The molecular formula is C16H19NOS. The maximum absolute atomic E-state index is 5.74. The molecule has 1 aromatic carbocycles. The molecule has 3 heteroatoms. The zero-order valence-electron chi connectivity index (χ0n) is 11.6. The van der Waals surface area contributed by atoms with Crippen LogP contribution in [0.5, 0.6) is 5.75 Å². The number of hydrogen-bond donors (Lipinski definition) is 1. The van der Waals surface area contributed by atoms with E-state index in [1.54, 1.807) is 0 Å². The predicted molar refractivity (Wildman–Crippen MR) is 81.0 cm³/mol. The SMILES string of the molecule is CNCc1cc(-c2ccc3c(c2)C(C)(C)CO3)cs1. The van der Waals surface area contributed by atoms with Gasteiger partial charge in [0, 0.05) is 22.4 Å². The van der Waals surface area contributed by atoms with Gasteiger partial charge in [0.25, 0.3) is 0 Å². The third kappa shape index (κ3) is 2.28. The van der Waals surface area contributed by atoms with Crippen molar-refractivity contribution in [3.63, 3.8) is 0 Å². The first-order valence-electron chi connectivity index (χ1n) is 6.60. The van der Waals surface area contributed by atoms with Gasteiger partial charge in [0.2, 0.25) is 0 Å². The van der Waals surface area contributed by atoms with Gasteiger partial charge in [0.15, 0.2) is 0 Å². The fourth-order valence-corrected chi connectivity index (χ4v) is 3.40. The average Bonchev–Trinajstić information content (AvgIpc) is 2.96. The lowest BCUT2D eigenvalue weighted by Crippen LogP contribution is -2.18. The molecule has 0 atom stereocenters. The van der Waals surface area contributed by atoms with E-state index in [9.17, 15) is 0 Å². The second-order valence-electron chi connectivity index (χ2n) is 5.72. The lowest BCUT2D eigenvalue weighted by Gasteiger charge is -2.15. The van der Waals surface area contributed by atoms with Crippen LogP contribution in [0.4, 0.5) is 0 Å². The Bertz CT molecular complexity index is 601. The van der Waals surface area contributed by atoms with Crippen LogP contribution in [0.3, 0.4) is 0 Å². The van der Waals surface area contributed by atoms with Crippen LogP contribution in [0.15, 0.2) is 29.6 Å². The maximum Gasteiger partial charge on any atom is 0.123 e. The molecule has 2 aromatic rings. The summed E-state index contributed by atoms with van der Waals surface area (Å²) in [7, 11) is 1.98. The molecule has 100 valence electrons. The van der Waals surface area contributed by atoms with Gasteiger partial charge in [-0.2, -0.15) is 0 Å². The van der Waals surface area contributed by atoms with Gasteiger partial charge in [0.1, 0.15) is 5.75 Å². The van der Waals surface area contributed by atoms with Crippen LogP contribution >= 0.6 is 11.3 Å². The van der Waals surface area contributed by atoms with Crippen LogP contribution in [0.2, 0.25) is 0 Å². The molecule has 1 N–H and O–H groups in total. The molecule has 2 nitrogen and oxygen atoms in total. The summed E-state index contributed by atoms with van der Waals surface area (Å²) in [6.07, 6.45) is 0. The summed E-state index contributed by atoms with van der Waals surface area (Å²) in [6.45, 7) is 6.19. The molecule has 3 rings (SSSR count). The molecule has 0 unspecified atom stereocenters. The van der Waals surface area contributed by atoms with Crippen molar-refractivity contribution in [2.45, 2.75) is 25.8 Å². The summed E-state index contributed by atoms with van der Waals surface area (Å²) in [5.74, 6) is 1.04. The molecule has 0 saturated carbocycles. The number of rotatable bonds is 3. The minimum atomic E-state index is 0.120. The molecule has 1 aliphatic heterocycles. The predicted octanol–water partition coefficient (Wildman–Crippen LogP) is 3.80. The fourth-order valence-electron chi connectivity index (χ4n) is 2.50. The lowest BCUT2D eigenvalue weighted by molar-refractivity contribution is 0.291. The Morgan fingerprint density at radius 3 is 2.89 bits per heavy atom. The number of thiophene rings is 1. The third-order valence-electron chi connectivity index (χ3n) is 3.64. The van der Waals surface area contributed by atoms with Gasteiger partial charge in [-0.25, -0.2) is 0 Å². The second kappa shape index (κ2) is 4.66. The number of ether oxygens (including phenoxy) is 1. The summed E-state index contributed by atoms with van der Waals surface area (Å²) >= 11 is 1.81. The molecule has 19 heavy (non-hydrogen) atoms. The Kier molecular flexibility index (Phi) is 3.11. The summed E-state index contributed by atoms with van der Waals surface area (Å²) in [5.41, 5.74) is 4.04. The Hall–Kier alpha value is -1.32. The summed E-state index contributed by atoms with van der Waals surface area (Å²) in [5, 5.41) is 5.43. The van der Waals surface area contributed by atoms with Crippen molar-refractivity contribution in [1.82, 2.24) is 5.32 Å². The van der Waals surface area contributed by atoms with E-state index >= 15 is 0 Å². The molecule has 0 saturated heterocycles. The first-order chi connectivity index (χ1) is 9.10. The lowest BCUT2D eigenvalue weighted by atomic mass is 9.85. The van der Waals surface area contributed by atoms with Gasteiger partial charge in [-0.3, -0.25) is 0 Å². The van der Waals surface area contributed by atoms with Crippen LogP contribution < -0.4 is 10.1 Å². The number of fused-ring (bicyclic) bond motifs is 1. The van der Waals surface area contributed by atoms with E-state index in [4.69, 9.17) is 4.74 Å². The van der Waals surface area contributed by atoms with E-state index in [0.29, 0.717) is 0 Å². The Labute approximate surface area is 118 Å². The van der Waals surface area contributed by atoms with Crippen molar-refractivity contribution in [1.29, 1.82) is 0 Å². The molecule has 0 radical (unpaired) electrons. The molecule has 0 aliphatic carbocycles. The molecule has 0 spiro atoms. The normalized spacial score (nSPS) is 16.2. The average molecular weight is 273 g/mol. The molecule has 1 aromatic heterocycles. The highest BCUT2D eigenvalue weighted by atomic mass is 32.1. The maximum atomic E-state index is 5.74. The highest BCUT2D eigenvalue weighted by molar-refractivity contribution is 7.10. The highest BCUT2D eigenvalue weighted by Gasteiger charge is 2.31. The molecule has 2 heterocycles. The van der Waals surface area contributed by atoms with Gasteiger partial charge < -0.3 is 10.1 Å². The van der Waals surface area contributed by atoms with E-state index < -0.39 is 0 Å². The van der Waals surface area contributed by atoms with Crippen LogP contribution in [-0.4, -0.2) is 13.7 Å². The Balaban J connectivity index is 1.97. The zero-order chi connectivity index (χ0) is 13.5. The van der Waals surface area contributed by atoms with Crippen LogP contribution in [0.1, 0.15) is 24.3 Å². The molecule has 0 bridgehead atoms. The number of benzene rings is 1. The van der Waals surface area contributed by atoms with Crippen molar-refractivity contribution < 1.29 is 4.74 Å². The summed E-state index contributed by atoms with van der Waals surface area (Å²) < 4.78 is 5.74. The summed E-state index contributed by atoms with van der Waals surface area (Å²) in [6, 6.07) is 8.82. The minimum absolute atomic E-state index is 0.120. The van der Waals surface area contributed by atoms with E-state index in [0.717, 1.165) is 18.9 Å². The van der Waals surface area contributed by atoms with Crippen molar-refractivity contribution in [2.24, 2.45) is 0 Å². The van der Waals surface area contributed by atoms with Crippen LogP contribution in [-0.2, 0) is 12.0 Å². The van der Waals surface area contributed by atoms with E-state index in [1.807, 2.05) is 18.4 Å². The van der Waals surface area contributed by atoms with E-state index in [1.165, 1.54) is 21.6 Å². The Morgan fingerprint density at radius 1 is 1.26 bits per heavy atom. The van der Waals surface area contributed by atoms with Crippen molar-refractivity contribution in [3.05, 3.63) is 40.1 Å². The first-order valence-corrected chi connectivity index (χ1v) is 7.48. The van der Waals surface area contributed by atoms with Gasteiger partial charge in [-0.15, -0.1) is 11.3 Å². The standard InChI is InChI=1S/C16H19NOS/c1-16(2)10-18-15-5-4-11(7-14(15)16)12-6-13(8-17-3)19-9-12/h4-7,9,17H,8,10H2,1-3H3. The van der Waals surface area contributed by atoms with E-state index in [-0.39, 0.29) is 5.41 Å². The van der Waals surface area contributed by atoms with Crippen molar-refractivity contribution in [2.75, 3.05) is 13.7 Å². The number of nitrogens with one attached hydrogen (secondary N) is 1. The number of hydrogen-bond acceptors (Lipinski definition) is 3. The molecule has 0 fully saturated rings. The second-order valence-corrected chi connectivity index (χ2v) is 6.71.